The van der Waals surface area contributed by atoms with Crippen molar-refractivity contribution in [3.63, 3.8) is 0 Å². The van der Waals surface area contributed by atoms with E-state index in [1.165, 1.54) is 16.8 Å². The van der Waals surface area contributed by atoms with Crippen LogP contribution in [0.1, 0.15) is 25.0 Å². The normalized spacial score (nSPS) is 10.9. The van der Waals surface area contributed by atoms with Gasteiger partial charge in [-0.15, -0.1) is 0 Å². The Morgan fingerprint density at radius 3 is 2.62 bits per heavy atom. The Kier molecular flexibility index (Phi) is 5.76. The summed E-state index contributed by atoms with van der Waals surface area (Å²) in [5.74, 6) is 0.664. The van der Waals surface area contributed by atoms with Crippen LogP contribution in [0.25, 0.3) is 0 Å². The van der Waals surface area contributed by atoms with E-state index in [0.717, 1.165) is 19.6 Å². The molecule has 3 heteroatoms. The maximum absolute atomic E-state index is 4.28. The van der Waals surface area contributed by atoms with Gasteiger partial charge < -0.3 is 10.2 Å². The first kappa shape index (κ1) is 15.5. The lowest BCUT2D eigenvalue weighted by molar-refractivity contribution is 0.552. The van der Waals surface area contributed by atoms with Gasteiger partial charge in [-0.1, -0.05) is 44.2 Å². The van der Waals surface area contributed by atoms with E-state index in [0.29, 0.717) is 5.92 Å². The number of hydrogen-bond donors (Lipinski definition) is 1. The van der Waals surface area contributed by atoms with E-state index >= 15 is 0 Å². The molecule has 1 aromatic heterocycles. The lowest BCUT2D eigenvalue weighted by atomic mass is 10.1. The average molecular weight is 283 g/mol. The van der Waals surface area contributed by atoms with Gasteiger partial charge in [0.1, 0.15) is 0 Å². The summed E-state index contributed by atoms with van der Waals surface area (Å²) in [4.78, 5) is 6.54. The molecule has 1 N–H and O–H groups in total. The third-order valence-corrected chi connectivity index (χ3v) is 3.43. The zero-order chi connectivity index (χ0) is 15.1. The van der Waals surface area contributed by atoms with E-state index in [1.807, 2.05) is 12.4 Å². The first-order chi connectivity index (χ1) is 10.2. The zero-order valence-corrected chi connectivity index (χ0v) is 13.2. The quantitative estimate of drug-likeness (QED) is 0.843. The summed E-state index contributed by atoms with van der Waals surface area (Å²) >= 11 is 0. The van der Waals surface area contributed by atoms with Gasteiger partial charge in [-0.25, -0.2) is 0 Å². The van der Waals surface area contributed by atoms with E-state index in [-0.39, 0.29) is 0 Å². The Morgan fingerprint density at radius 2 is 1.90 bits per heavy atom. The minimum absolute atomic E-state index is 0.664. The summed E-state index contributed by atoms with van der Waals surface area (Å²) in [7, 11) is 2.12. The number of rotatable bonds is 7. The molecule has 3 nitrogen and oxygen atoms in total. The summed E-state index contributed by atoms with van der Waals surface area (Å²) in [5.41, 5.74) is 3.80. The second-order valence-corrected chi connectivity index (χ2v) is 5.87. The van der Waals surface area contributed by atoms with Crippen molar-refractivity contribution in [1.29, 1.82) is 0 Å². The molecule has 1 heterocycles. The first-order valence-corrected chi connectivity index (χ1v) is 7.55. The van der Waals surface area contributed by atoms with Crippen molar-refractivity contribution >= 4 is 5.69 Å². The molecular formula is C18H25N3. The van der Waals surface area contributed by atoms with Crippen LogP contribution in [0, 0.1) is 5.92 Å². The van der Waals surface area contributed by atoms with Crippen molar-refractivity contribution in [2.75, 3.05) is 18.5 Å². The molecule has 0 saturated carbocycles. The lowest BCUT2D eigenvalue weighted by Gasteiger charge is -2.22. The Morgan fingerprint density at radius 1 is 1.14 bits per heavy atom. The average Bonchev–Trinajstić information content (AvgIpc) is 2.48. The van der Waals surface area contributed by atoms with Crippen molar-refractivity contribution in [2.24, 2.45) is 5.92 Å². The largest absolute Gasteiger partial charge is 0.369 e. The number of anilines is 1. The van der Waals surface area contributed by atoms with Crippen LogP contribution in [0.5, 0.6) is 0 Å². The first-order valence-electron chi connectivity index (χ1n) is 7.55. The minimum Gasteiger partial charge on any atom is -0.369 e. The van der Waals surface area contributed by atoms with Crippen LogP contribution >= 0.6 is 0 Å². The van der Waals surface area contributed by atoms with Crippen molar-refractivity contribution in [2.45, 2.75) is 26.9 Å². The van der Waals surface area contributed by atoms with E-state index in [2.05, 4.69) is 72.5 Å². The van der Waals surface area contributed by atoms with E-state index in [9.17, 15) is 0 Å². The Bertz CT molecular complexity index is 537. The van der Waals surface area contributed by atoms with Crippen molar-refractivity contribution in [3.8, 4) is 0 Å². The predicted molar refractivity (Wildman–Crippen MR) is 89.3 cm³/mol. The summed E-state index contributed by atoms with van der Waals surface area (Å²) in [6.45, 7) is 7.26. The van der Waals surface area contributed by atoms with Gasteiger partial charge in [-0.2, -0.15) is 0 Å². The maximum Gasteiger partial charge on any atom is 0.0598 e. The van der Waals surface area contributed by atoms with Crippen LogP contribution in [-0.2, 0) is 13.1 Å². The molecule has 0 radical (unpaired) electrons. The second-order valence-electron chi connectivity index (χ2n) is 5.87. The molecule has 2 rings (SSSR count). The summed E-state index contributed by atoms with van der Waals surface area (Å²) in [5, 5.41) is 3.51. The number of aromatic nitrogens is 1. The van der Waals surface area contributed by atoms with Crippen molar-refractivity contribution < 1.29 is 0 Å². The molecule has 0 bridgehead atoms. The van der Waals surface area contributed by atoms with Crippen LogP contribution in [0.4, 0.5) is 5.69 Å². The molecule has 1 aromatic carbocycles. The van der Waals surface area contributed by atoms with Gasteiger partial charge in [0.25, 0.3) is 0 Å². The van der Waals surface area contributed by atoms with E-state index < -0.39 is 0 Å². The monoisotopic (exact) mass is 283 g/mol. The number of nitrogens with one attached hydrogen (secondary N) is 1. The van der Waals surface area contributed by atoms with Crippen molar-refractivity contribution in [1.82, 2.24) is 10.3 Å². The van der Waals surface area contributed by atoms with E-state index in [1.54, 1.807) is 0 Å². The maximum atomic E-state index is 4.28. The molecule has 0 spiro atoms. The van der Waals surface area contributed by atoms with Gasteiger partial charge in [-0.3, -0.25) is 4.98 Å². The highest BCUT2D eigenvalue weighted by Gasteiger charge is 2.08. The summed E-state index contributed by atoms with van der Waals surface area (Å²) in [6, 6.07) is 12.6. The predicted octanol–water partition coefficient (Wildman–Crippen LogP) is 3.46. The molecule has 2 aromatic rings. The number of hydrogen-bond acceptors (Lipinski definition) is 3. The highest BCUT2D eigenvalue weighted by Crippen LogP contribution is 2.19. The van der Waals surface area contributed by atoms with Gasteiger partial charge in [0.2, 0.25) is 0 Å². The Balaban J connectivity index is 2.04. The Hall–Kier alpha value is -1.87. The van der Waals surface area contributed by atoms with E-state index in [4.69, 9.17) is 0 Å². The smallest absolute Gasteiger partial charge is 0.0598 e. The summed E-state index contributed by atoms with van der Waals surface area (Å²) in [6.07, 6.45) is 3.82. The van der Waals surface area contributed by atoms with Crippen LogP contribution < -0.4 is 10.2 Å². The third-order valence-electron chi connectivity index (χ3n) is 3.43. The summed E-state index contributed by atoms with van der Waals surface area (Å²) < 4.78 is 0. The molecule has 0 fully saturated rings. The molecular weight excluding hydrogens is 258 g/mol. The van der Waals surface area contributed by atoms with Gasteiger partial charge in [0.15, 0.2) is 0 Å². The molecule has 0 unspecified atom stereocenters. The SMILES string of the molecule is CC(C)CNCc1ccncc1N(C)Cc1ccccc1. The van der Waals surface area contributed by atoms with Crippen LogP contribution in [0.2, 0.25) is 0 Å². The fourth-order valence-electron chi connectivity index (χ4n) is 2.35. The molecule has 0 aliphatic carbocycles. The van der Waals surface area contributed by atoms with Crippen LogP contribution in [0.15, 0.2) is 48.8 Å². The zero-order valence-electron chi connectivity index (χ0n) is 13.2. The molecule has 0 amide bonds. The highest BCUT2D eigenvalue weighted by molar-refractivity contribution is 5.51. The Labute approximate surface area is 128 Å². The lowest BCUT2D eigenvalue weighted by Crippen LogP contribution is -2.23. The fourth-order valence-corrected chi connectivity index (χ4v) is 2.35. The van der Waals surface area contributed by atoms with Gasteiger partial charge in [0.05, 0.1) is 11.9 Å². The second kappa shape index (κ2) is 7.79. The topological polar surface area (TPSA) is 28.2 Å². The molecule has 21 heavy (non-hydrogen) atoms. The van der Waals surface area contributed by atoms with Gasteiger partial charge in [0, 0.05) is 26.3 Å². The van der Waals surface area contributed by atoms with Crippen molar-refractivity contribution in [3.05, 3.63) is 59.9 Å². The number of pyridine rings is 1. The van der Waals surface area contributed by atoms with Gasteiger partial charge in [-0.05, 0) is 29.7 Å². The van der Waals surface area contributed by atoms with Crippen LogP contribution in [-0.4, -0.2) is 18.6 Å². The number of benzene rings is 1. The minimum atomic E-state index is 0.664. The molecule has 0 aliphatic rings. The fraction of sp³-hybridized carbons (Fsp3) is 0.389. The standard InChI is InChI=1S/C18H25N3/c1-15(2)11-20-12-17-9-10-19-13-18(17)21(3)14-16-7-5-4-6-8-16/h4-10,13,15,20H,11-12,14H2,1-3H3. The number of nitrogens with zero attached hydrogens (tertiary/aromatic N) is 2. The molecule has 0 atom stereocenters. The third kappa shape index (κ3) is 4.87. The van der Waals surface area contributed by atoms with Gasteiger partial charge >= 0.3 is 0 Å². The molecule has 0 aliphatic heterocycles. The van der Waals surface area contributed by atoms with Crippen LogP contribution in [0.3, 0.4) is 0 Å². The molecule has 0 saturated heterocycles. The highest BCUT2D eigenvalue weighted by atomic mass is 15.1. The molecule has 112 valence electrons.